The largest absolute Gasteiger partial charge is 0.395 e. The van der Waals surface area contributed by atoms with E-state index in [4.69, 9.17) is 0 Å². The first-order valence-electron chi connectivity index (χ1n) is 8.12. The minimum atomic E-state index is -4.23. The standard InChI is InChI=1S/C17H16F3N5O/c1-9-4-3-5-10(2)13(9)25-8-12-14(23-25)21-16(22-15(12)26)24-6-11(7-24)17(18,19)20/h3-5,8,11H,6-7H2,1-2H3,(H,21,22,23,26). The summed E-state index contributed by atoms with van der Waals surface area (Å²) in [6.45, 7) is 3.45. The number of halogens is 3. The van der Waals surface area contributed by atoms with Crippen LogP contribution in [0.2, 0.25) is 0 Å². The molecule has 0 atom stereocenters. The van der Waals surface area contributed by atoms with Crippen molar-refractivity contribution >= 4 is 17.0 Å². The quantitative estimate of drug-likeness (QED) is 0.760. The van der Waals surface area contributed by atoms with Gasteiger partial charge in [0.1, 0.15) is 5.39 Å². The zero-order valence-electron chi connectivity index (χ0n) is 14.1. The van der Waals surface area contributed by atoms with Crippen molar-refractivity contribution in [2.45, 2.75) is 20.0 Å². The highest BCUT2D eigenvalue weighted by Gasteiger charge is 2.47. The van der Waals surface area contributed by atoms with Gasteiger partial charge in [0.25, 0.3) is 5.56 Å². The van der Waals surface area contributed by atoms with Crippen LogP contribution in [0.25, 0.3) is 16.7 Å². The van der Waals surface area contributed by atoms with E-state index in [0.717, 1.165) is 16.8 Å². The third kappa shape index (κ3) is 2.63. The molecule has 1 aromatic carbocycles. The first-order chi connectivity index (χ1) is 12.2. The molecule has 136 valence electrons. The molecule has 0 radical (unpaired) electrons. The molecule has 26 heavy (non-hydrogen) atoms. The van der Waals surface area contributed by atoms with Crippen LogP contribution in [-0.4, -0.2) is 39.0 Å². The SMILES string of the molecule is Cc1cccc(C)c1-n1cc2c(=O)[nH]c(N3CC(C(F)(F)F)C3)nc2n1. The molecule has 2 aromatic heterocycles. The molecule has 0 unspecified atom stereocenters. The van der Waals surface area contributed by atoms with Gasteiger partial charge in [0.2, 0.25) is 5.95 Å². The highest BCUT2D eigenvalue weighted by Crippen LogP contribution is 2.34. The van der Waals surface area contributed by atoms with E-state index in [1.165, 1.54) is 4.90 Å². The molecule has 1 N–H and O–H groups in total. The predicted octanol–water partition coefficient (Wildman–Crippen LogP) is 2.72. The monoisotopic (exact) mass is 363 g/mol. The van der Waals surface area contributed by atoms with E-state index in [1.54, 1.807) is 10.9 Å². The number of hydrogen-bond acceptors (Lipinski definition) is 4. The number of nitrogens with one attached hydrogen (secondary N) is 1. The second kappa shape index (κ2) is 5.58. The van der Waals surface area contributed by atoms with Gasteiger partial charge in [-0.15, -0.1) is 5.10 Å². The fraction of sp³-hybridized carbons (Fsp3) is 0.353. The smallest absolute Gasteiger partial charge is 0.341 e. The molecule has 1 aliphatic heterocycles. The lowest BCUT2D eigenvalue weighted by molar-refractivity contribution is -0.180. The molecule has 6 nitrogen and oxygen atoms in total. The summed E-state index contributed by atoms with van der Waals surface area (Å²) in [6.07, 6.45) is -2.64. The summed E-state index contributed by atoms with van der Waals surface area (Å²) in [7, 11) is 0. The molecule has 1 fully saturated rings. The minimum Gasteiger partial charge on any atom is -0.341 e. The number of H-pyrrole nitrogens is 1. The Balaban J connectivity index is 1.72. The Bertz CT molecular complexity index is 1030. The Morgan fingerprint density at radius 1 is 1.19 bits per heavy atom. The zero-order valence-corrected chi connectivity index (χ0v) is 14.1. The second-order valence-corrected chi connectivity index (χ2v) is 6.58. The van der Waals surface area contributed by atoms with E-state index in [0.29, 0.717) is 5.39 Å². The number of benzene rings is 1. The van der Waals surface area contributed by atoms with Crippen LogP contribution in [0.15, 0.2) is 29.2 Å². The van der Waals surface area contributed by atoms with Crippen LogP contribution < -0.4 is 10.5 Å². The lowest BCUT2D eigenvalue weighted by Gasteiger charge is -2.40. The van der Waals surface area contributed by atoms with Gasteiger partial charge in [0, 0.05) is 19.3 Å². The molecule has 1 saturated heterocycles. The van der Waals surface area contributed by atoms with Crippen molar-refractivity contribution in [2.24, 2.45) is 5.92 Å². The van der Waals surface area contributed by atoms with Crippen molar-refractivity contribution in [3.05, 3.63) is 45.9 Å². The van der Waals surface area contributed by atoms with Crippen LogP contribution in [0.3, 0.4) is 0 Å². The topological polar surface area (TPSA) is 66.8 Å². The highest BCUT2D eigenvalue weighted by molar-refractivity contribution is 5.75. The van der Waals surface area contributed by atoms with E-state index in [9.17, 15) is 18.0 Å². The number of aryl methyl sites for hydroxylation is 2. The number of anilines is 1. The molecule has 0 aliphatic carbocycles. The van der Waals surface area contributed by atoms with Gasteiger partial charge in [-0.1, -0.05) is 18.2 Å². The number of aromatic amines is 1. The first-order valence-corrected chi connectivity index (χ1v) is 8.12. The van der Waals surface area contributed by atoms with Gasteiger partial charge >= 0.3 is 6.18 Å². The fourth-order valence-corrected chi connectivity index (χ4v) is 3.19. The molecule has 3 heterocycles. The van der Waals surface area contributed by atoms with Crippen LogP contribution in [0.4, 0.5) is 19.1 Å². The number of aromatic nitrogens is 4. The lowest BCUT2D eigenvalue weighted by atomic mass is 10.0. The van der Waals surface area contributed by atoms with E-state index in [2.05, 4.69) is 15.1 Å². The van der Waals surface area contributed by atoms with Gasteiger partial charge in [-0.3, -0.25) is 9.78 Å². The van der Waals surface area contributed by atoms with Crippen molar-refractivity contribution in [3.63, 3.8) is 0 Å². The Hall–Kier alpha value is -2.84. The predicted molar refractivity (Wildman–Crippen MR) is 90.7 cm³/mol. The maximum atomic E-state index is 12.7. The van der Waals surface area contributed by atoms with Gasteiger partial charge in [0.15, 0.2) is 5.65 Å². The Morgan fingerprint density at radius 2 is 1.85 bits per heavy atom. The minimum absolute atomic E-state index is 0.120. The van der Waals surface area contributed by atoms with E-state index < -0.39 is 17.7 Å². The molecular weight excluding hydrogens is 347 g/mol. The molecule has 1 aliphatic rings. The van der Waals surface area contributed by atoms with Gasteiger partial charge in [-0.2, -0.15) is 18.2 Å². The van der Waals surface area contributed by atoms with Crippen LogP contribution in [0.1, 0.15) is 11.1 Å². The van der Waals surface area contributed by atoms with E-state index in [1.807, 2.05) is 32.0 Å². The number of fused-ring (bicyclic) bond motifs is 1. The normalized spacial score (nSPS) is 15.5. The Labute approximate surface area is 146 Å². The van der Waals surface area contributed by atoms with Crippen LogP contribution in [0.5, 0.6) is 0 Å². The van der Waals surface area contributed by atoms with Crippen molar-refractivity contribution in [3.8, 4) is 5.69 Å². The summed E-state index contributed by atoms with van der Waals surface area (Å²) < 4.78 is 39.6. The third-order valence-electron chi connectivity index (χ3n) is 4.69. The van der Waals surface area contributed by atoms with Gasteiger partial charge in [-0.25, -0.2) is 4.68 Å². The van der Waals surface area contributed by atoms with Gasteiger partial charge in [0.05, 0.1) is 11.6 Å². The zero-order chi connectivity index (χ0) is 18.6. The van der Waals surface area contributed by atoms with Crippen LogP contribution in [0, 0.1) is 19.8 Å². The number of alkyl halides is 3. The van der Waals surface area contributed by atoms with Crippen molar-refractivity contribution in [1.82, 2.24) is 19.7 Å². The third-order valence-corrected chi connectivity index (χ3v) is 4.69. The van der Waals surface area contributed by atoms with E-state index in [-0.39, 0.29) is 24.7 Å². The Kier molecular flexibility index (Phi) is 3.57. The number of rotatable bonds is 2. The molecule has 0 bridgehead atoms. The number of hydrogen-bond donors (Lipinski definition) is 1. The maximum absolute atomic E-state index is 12.7. The first kappa shape index (κ1) is 16.6. The fourth-order valence-electron chi connectivity index (χ4n) is 3.19. The molecule has 0 saturated carbocycles. The Morgan fingerprint density at radius 3 is 2.46 bits per heavy atom. The molecular formula is C17H16F3N5O. The highest BCUT2D eigenvalue weighted by atomic mass is 19.4. The van der Waals surface area contributed by atoms with E-state index >= 15 is 0 Å². The summed E-state index contributed by atoms with van der Waals surface area (Å²) >= 11 is 0. The lowest BCUT2D eigenvalue weighted by Crippen LogP contribution is -2.54. The van der Waals surface area contributed by atoms with Crippen LogP contribution >= 0.6 is 0 Å². The number of para-hydroxylation sites is 1. The molecule has 3 aromatic rings. The van der Waals surface area contributed by atoms with Crippen molar-refractivity contribution in [1.29, 1.82) is 0 Å². The average Bonchev–Trinajstić information content (AvgIpc) is 2.88. The molecule has 0 spiro atoms. The average molecular weight is 363 g/mol. The molecule has 9 heteroatoms. The van der Waals surface area contributed by atoms with Crippen molar-refractivity contribution < 1.29 is 13.2 Å². The van der Waals surface area contributed by atoms with Gasteiger partial charge in [-0.05, 0) is 25.0 Å². The summed E-state index contributed by atoms with van der Waals surface area (Å²) in [4.78, 5) is 20.5. The summed E-state index contributed by atoms with van der Waals surface area (Å²) in [5.41, 5.74) is 2.63. The summed E-state index contributed by atoms with van der Waals surface area (Å²) in [5.74, 6) is -1.27. The van der Waals surface area contributed by atoms with Gasteiger partial charge < -0.3 is 4.90 Å². The van der Waals surface area contributed by atoms with Crippen LogP contribution in [-0.2, 0) is 0 Å². The molecule has 4 rings (SSSR count). The maximum Gasteiger partial charge on any atom is 0.395 e. The molecule has 0 amide bonds. The summed E-state index contributed by atoms with van der Waals surface area (Å²) in [6, 6.07) is 5.81. The number of nitrogens with zero attached hydrogens (tertiary/aromatic N) is 4. The summed E-state index contributed by atoms with van der Waals surface area (Å²) in [5, 5.41) is 4.67. The second-order valence-electron chi connectivity index (χ2n) is 6.58. The van der Waals surface area contributed by atoms with Crippen molar-refractivity contribution in [2.75, 3.05) is 18.0 Å².